The first-order valence-corrected chi connectivity index (χ1v) is 10.1. The normalized spacial score (nSPS) is 20.5. The van der Waals surface area contributed by atoms with Crippen LogP contribution in [-0.4, -0.2) is 27.9 Å². The summed E-state index contributed by atoms with van der Waals surface area (Å²) in [6.07, 6.45) is 0.511. The van der Waals surface area contributed by atoms with E-state index >= 15 is 0 Å². The molecule has 1 N–H and O–H groups in total. The fourth-order valence-electron chi connectivity index (χ4n) is 4.87. The van der Waals surface area contributed by atoms with E-state index in [-0.39, 0.29) is 18.0 Å². The van der Waals surface area contributed by atoms with Crippen molar-refractivity contribution in [2.24, 2.45) is 0 Å². The van der Waals surface area contributed by atoms with Gasteiger partial charge in [-0.15, -0.1) is 0 Å². The molecule has 4 aromatic rings. The number of rotatable bonds is 2. The minimum atomic E-state index is -0.519. The van der Waals surface area contributed by atoms with Gasteiger partial charge in [0.1, 0.15) is 12.1 Å². The highest BCUT2D eigenvalue weighted by Gasteiger charge is 2.53. The fraction of sp³-hybridized carbons (Fsp3) is 0.120. The Morgan fingerprint density at radius 1 is 0.800 bits per heavy atom. The summed E-state index contributed by atoms with van der Waals surface area (Å²) in [5, 5.41) is 1.12. The summed E-state index contributed by atoms with van der Waals surface area (Å²) in [5.74, 6) is -0.164. The predicted octanol–water partition coefficient (Wildman–Crippen LogP) is 4.65. The van der Waals surface area contributed by atoms with Crippen molar-refractivity contribution in [3.8, 4) is 0 Å². The summed E-state index contributed by atoms with van der Waals surface area (Å²) in [6.45, 7) is 0. The first kappa shape index (κ1) is 17.0. The van der Waals surface area contributed by atoms with Crippen molar-refractivity contribution in [1.82, 2.24) is 9.88 Å². The summed E-state index contributed by atoms with van der Waals surface area (Å²) in [4.78, 5) is 33.6. The van der Waals surface area contributed by atoms with Crippen molar-refractivity contribution in [2.75, 3.05) is 4.90 Å². The molecule has 30 heavy (non-hydrogen) atoms. The van der Waals surface area contributed by atoms with Crippen LogP contribution in [0.3, 0.4) is 0 Å². The van der Waals surface area contributed by atoms with Gasteiger partial charge in [-0.3, -0.25) is 9.69 Å². The minimum Gasteiger partial charge on any atom is -0.356 e. The third-order valence-electron chi connectivity index (χ3n) is 6.18. The highest BCUT2D eigenvalue weighted by molar-refractivity contribution is 6.22. The molecule has 3 heterocycles. The van der Waals surface area contributed by atoms with Gasteiger partial charge < -0.3 is 4.98 Å². The van der Waals surface area contributed by atoms with Gasteiger partial charge in [0.05, 0.1) is 5.69 Å². The molecule has 2 atom stereocenters. The molecule has 0 spiro atoms. The first-order chi connectivity index (χ1) is 14.7. The maximum absolute atomic E-state index is 13.6. The molecule has 0 radical (unpaired) electrons. The Bertz CT molecular complexity index is 1280. The van der Waals surface area contributed by atoms with Crippen LogP contribution in [0, 0.1) is 0 Å². The molecule has 1 fully saturated rings. The number of carbonyl (C=O) groups is 2. The third kappa shape index (κ3) is 2.29. The number of H-pyrrole nitrogens is 1. The van der Waals surface area contributed by atoms with Crippen LogP contribution in [0.4, 0.5) is 10.5 Å². The molecule has 6 rings (SSSR count). The highest BCUT2D eigenvalue weighted by atomic mass is 16.2. The van der Waals surface area contributed by atoms with Crippen molar-refractivity contribution in [3.63, 3.8) is 0 Å². The number of imide groups is 1. The summed E-state index contributed by atoms with van der Waals surface area (Å²) in [6, 6.07) is 26.1. The fourth-order valence-corrected chi connectivity index (χ4v) is 4.87. The number of urea groups is 1. The zero-order chi connectivity index (χ0) is 20.2. The zero-order valence-electron chi connectivity index (χ0n) is 16.2. The second-order valence-electron chi connectivity index (χ2n) is 7.79. The smallest absolute Gasteiger partial charge is 0.332 e. The maximum Gasteiger partial charge on any atom is 0.332 e. The molecular weight excluding hydrogens is 374 g/mol. The Kier molecular flexibility index (Phi) is 3.59. The topological polar surface area (TPSA) is 56.4 Å². The molecule has 1 saturated heterocycles. The van der Waals surface area contributed by atoms with E-state index in [1.807, 2.05) is 66.7 Å². The van der Waals surface area contributed by atoms with Gasteiger partial charge in [0, 0.05) is 23.0 Å². The third-order valence-corrected chi connectivity index (χ3v) is 6.18. The molecule has 1 aromatic heterocycles. The number of anilines is 1. The van der Waals surface area contributed by atoms with Gasteiger partial charge in [0.15, 0.2) is 0 Å². The van der Waals surface area contributed by atoms with Gasteiger partial charge in [0.2, 0.25) is 0 Å². The number of para-hydroxylation sites is 2. The first-order valence-electron chi connectivity index (χ1n) is 10.1. The van der Waals surface area contributed by atoms with Gasteiger partial charge in [-0.1, -0.05) is 66.7 Å². The molecule has 146 valence electrons. The molecule has 5 nitrogen and oxygen atoms in total. The van der Waals surface area contributed by atoms with E-state index in [4.69, 9.17) is 0 Å². The van der Waals surface area contributed by atoms with Crippen LogP contribution >= 0.6 is 0 Å². The second-order valence-corrected chi connectivity index (χ2v) is 7.79. The summed E-state index contributed by atoms with van der Waals surface area (Å²) in [5.41, 5.74) is 4.75. The molecule has 0 aliphatic carbocycles. The lowest BCUT2D eigenvalue weighted by Crippen LogP contribution is -2.44. The average molecular weight is 393 g/mol. The Morgan fingerprint density at radius 2 is 1.47 bits per heavy atom. The number of nitrogens with zero attached hydrogens (tertiary/aromatic N) is 2. The van der Waals surface area contributed by atoms with E-state index < -0.39 is 6.04 Å². The molecule has 0 bridgehead atoms. The number of hydrogen-bond acceptors (Lipinski definition) is 2. The predicted molar refractivity (Wildman–Crippen MR) is 115 cm³/mol. The van der Waals surface area contributed by atoms with Gasteiger partial charge in [0.25, 0.3) is 5.91 Å². The number of hydrogen-bond donors (Lipinski definition) is 1. The Morgan fingerprint density at radius 3 is 2.23 bits per heavy atom. The highest BCUT2D eigenvalue weighted by Crippen LogP contribution is 2.44. The molecular formula is C25H19N3O2. The SMILES string of the molecule is O=C1[C@@H]2Cc3c([nH]c4ccccc34)[C@@H](c3ccccc3)N2C(=O)N1c1ccccc1. The van der Waals surface area contributed by atoms with Crippen molar-refractivity contribution < 1.29 is 9.59 Å². The summed E-state index contributed by atoms with van der Waals surface area (Å²) in [7, 11) is 0. The van der Waals surface area contributed by atoms with Crippen LogP contribution in [0.15, 0.2) is 84.9 Å². The van der Waals surface area contributed by atoms with Crippen LogP contribution in [0.2, 0.25) is 0 Å². The van der Waals surface area contributed by atoms with Crippen LogP contribution in [0.1, 0.15) is 22.9 Å². The van der Waals surface area contributed by atoms with Crippen molar-refractivity contribution in [1.29, 1.82) is 0 Å². The lowest BCUT2D eigenvalue weighted by atomic mass is 9.89. The van der Waals surface area contributed by atoms with Crippen molar-refractivity contribution in [3.05, 3.63) is 102 Å². The Labute approximate surface area is 173 Å². The molecule has 2 aliphatic rings. The lowest BCUT2D eigenvalue weighted by Gasteiger charge is -2.36. The van der Waals surface area contributed by atoms with E-state index in [9.17, 15) is 9.59 Å². The number of amides is 3. The second kappa shape index (κ2) is 6.32. The van der Waals surface area contributed by atoms with Gasteiger partial charge in [-0.05, 0) is 29.3 Å². The van der Waals surface area contributed by atoms with Crippen molar-refractivity contribution >= 4 is 28.5 Å². The Balaban J connectivity index is 1.56. The molecule has 3 aromatic carbocycles. The molecule has 3 amide bonds. The molecule has 2 aliphatic heterocycles. The average Bonchev–Trinajstić information content (AvgIpc) is 3.28. The number of benzene rings is 3. The van der Waals surface area contributed by atoms with Gasteiger partial charge in [-0.2, -0.15) is 0 Å². The monoisotopic (exact) mass is 393 g/mol. The molecule has 0 unspecified atom stereocenters. The van der Waals surface area contributed by atoms with E-state index in [0.717, 1.165) is 27.7 Å². The van der Waals surface area contributed by atoms with E-state index in [0.29, 0.717) is 12.1 Å². The lowest BCUT2D eigenvalue weighted by molar-refractivity contribution is -0.120. The quantitative estimate of drug-likeness (QED) is 0.504. The summed E-state index contributed by atoms with van der Waals surface area (Å²) < 4.78 is 0. The summed E-state index contributed by atoms with van der Waals surface area (Å²) >= 11 is 0. The number of nitrogens with one attached hydrogen (secondary N) is 1. The zero-order valence-corrected chi connectivity index (χ0v) is 16.2. The van der Waals surface area contributed by atoms with Gasteiger partial charge >= 0.3 is 6.03 Å². The standard InChI is InChI=1S/C25H19N3O2/c29-24-21-15-19-18-13-7-8-14-20(18)26-22(19)23(16-9-3-1-4-10-16)28(21)25(30)27(24)17-11-5-2-6-12-17/h1-14,21,23,26H,15H2/t21-,23+/m0/s1. The minimum absolute atomic E-state index is 0.164. The number of aromatic amines is 1. The van der Waals surface area contributed by atoms with Crippen LogP contribution in [-0.2, 0) is 11.2 Å². The van der Waals surface area contributed by atoms with Gasteiger partial charge in [-0.25, -0.2) is 9.69 Å². The largest absolute Gasteiger partial charge is 0.356 e. The van der Waals surface area contributed by atoms with E-state index in [1.165, 1.54) is 4.90 Å². The number of aromatic nitrogens is 1. The van der Waals surface area contributed by atoms with Crippen LogP contribution in [0.5, 0.6) is 0 Å². The molecule has 0 saturated carbocycles. The molecule has 5 heteroatoms. The van der Waals surface area contributed by atoms with Crippen molar-refractivity contribution in [2.45, 2.75) is 18.5 Å². The number of carbonyl (C=O) groups excluding carboxylic acids is 2. The van der Waals surface area contributed by atoms with E-state index in [1.54, 1.807) is 17.0 Å². The maximum atomic E-state index is 13.6. The van der Waals surface area contributed by atoms with Crippen LogP contribution in [0.25, 0.3) is 10.9 Å². The number of fused-ring (bicyclic) bond motifs is 4. The van der Waals surface area contributed by atoms with E-state index in [2.05, 4.69) is 11.1 Å². The van der Waals surface area contributed by atoms with Crippen LogP contribution < -0.4 is 4.90 Å². The Hall–Kier alpha value is -3.86.